The number of amides is 1. The fourth-order valence-corrected chi connectivity index (χ4v) is 0.498. The number of ether oxygens (including phenoxy) is 2. The molecule has 0 aliphatic rings. The first-order valence-corrected chi connectivity index (χ1v) is 3.72. The molecule has 12 heavy (non-hydrogen) atoms. The van der Waals surface area contributed by atoms with E-state index >= 15 is 0 Å². The molecule has 0 bridgehead atoms. The maximum Gasteiger partial charge on any atom is 0.240 e. The number of hydroxylamine groups is 1. The maximum absolute atomic E-state index is 10.3. The summed E-state index contributed by atoms with van der Waals surface area (Å²) in [6, 6.07) is 0. The average Bonchev–Trinajstić information content (AvgIpc) is 2.02. The van der Waals surface area contributed by atoms with Crippen LogP contribution in [0.3, 0.4) is 0 Å². The van der Waals surface area contributed by atoms with E-state index in [0.717, 1.165) is 0 Å². The molecule has 0 rings (SSSR count). The Kier molecular flexibility index (Phi) is 7.99. The maximum atomic E-state index is 10.3. The van der Waals surface area contributed by atoms with E-state index in [-0.39, 0.29) is 5.91 Å². The molecule has 0 aromatic rings. The largest absolute Gasteiger partial charge is 0.382 e. The molecule has 0 heterocycles. The predicted octanol–water partition coefficient (Wildman–Crippen LogP) is -0.283. The molecular weight excluding hydrogens is 162 g/mol. The molecule has 0 aromatic heterocycles. The Morgan fingerprint density at radius 2 is 1.92 bits per heavy atom. The summed E-state index contributed by atoms with van der Waals surface area (Å²) in [5.41, 5.74) is 2.19. The lowest BCUT2D eigenvalue weighted by molar-refractivity contribution is -0.132. The number of carbonyl (C=O) groups excluding carboxylic acids is 1. The molecule has 0 saturated carbocycles. The molecule has 0 atom stereocenters. The second kappa shape index (κ2) is 8.45. The highest BCUT2D eigenvalue weighted by molar-refractivity contribution is 5.71. The number of hydrogen-bond acceptors (Lipinski definition) is 4. The van der Waals surface area contributed by atoms with E-state index in [1.54, 1.807) is 7.11 Å². The fourth-order valence-electron chi connectivity index (χ4n) is 0.498. The number of rotatable bonds is 7. The SMILES string of the molecule is COCCOCCONC(C)=O. The van der Waals surface area contributed by atoms with Gasteiger partial charge in [0, 0.05) is 14.0 Å². The number of nitrogens with one attached hydrogen (secondary N) is 1. The van der Waals surface area contributed by atoms with Crippen molar-refractivity contribution in [2.45, 2.75) is 6.92 Å². The Hall–Kier alpha value is -0.650. The Morgan fingerprint density at radius 1 is 1.25 bits per heavy atom. The van der Waals surface area contributed by atoms with Gasteiger partial charge in [-0.1, -0.05) is 0 Å². The van der Waals surface area contributed by atoms with Crippen LogP contribution in [0.2, 0.25) is 0 Å². The number of methoxy groups -OCH3 is 1. The van der Waals surface area contributed by atoms with Crippen LogP contribution < -0.4 is 5.48 Å². The number of hydrogen-bond donors (Lipinski definition) is 1. The minimum Gasteiger partial charge on any atom is -0.382 e. The first kappa shape index (κ1) is 11.4. The van der Waals surface area contributed by atoms with E-state index in [0.29, 0.717) is 26.4 Å². The second-order valence-corrected chi connectivity index (χ2v) is 2.11. The van der Waals surface area contributed by atoms with Crippen molar-refractivity contribution >= 4 is 5.91 Å². The zero-order valence-electron chi connectivity index (χ0n) is 7.46. The van der Waals surface area contributed by atoms with Gasteiger partial charge in [-0.2, -0.15) is 0 Å². The quantitative estimate of drug-likeness (QED) is 0.429. The van der Waals surface area contributed by atoms with Crippen LogP contribution in [0.4, 0.5) is 0 Å². The van der Waals surface area contributed by atoms with Crippen LogP contribution in [0, 0.1) is 0 Å². The Balaban J connectivity index is 2.86. The smallest absolute Gasteiger partial charge is 0.240 e. The van der Waals surface area contributed by atoms with Crippen molar-refractivity contribution in [3.05, 3.63) is 0 Å². The van der Waals surface area contributed by atoms with Gasteiger partial charge in [-0.05, 0) is 0 Å². The van der Waals surface area contributed by atoms with Crippen LogP contribution in [0.15, 0.2) is 0 Å². The first-order valence-electron chi connectivity index (χ1n) is 3.72. The van der Waals surface area contributed by atoms with Crippen molar-refractivity contribution in [3.8, 4) is 0 Å². The average molecular weight is 177 g/mol. The summed E-state index contributed by atoms with van der Waals surface area (Å²) in [4.78, 5) is 15.0. The van der Waals surface area contributed by atoms with Gasteiger partial charge in [-0.25, -0.2) is 5.48 Å². The van der Waals surface area contributed by atoms with Gasteiger partial charge >= 0.3 is 0 Å². The van der Waals surface area contributed by atoms with Gasteiger partial charge in [0.2, 0.25) is 5.91 Å². The summed E-state index contributed by atoms with van der Waals surface area (Å²) in [5, 5.41) is 0. The van der Waals surface area contributed by atoms with Gasteiger partial charge in [0.05, 0.1) is 26.4 Å². The summed E-state index contributed by atoms with van der Waals surface area (Å²) in [6.07, 6.45) is 0. The Morgan fingerprint density at radius 3 is 2.50 bits per heavy atom. The van der Waals surface area contributed by atoms with E-state index in [1.807, 2.05) is 0 Å². The number of carbonyl (C=O) groups is 1. The third kappa shape index (κ3) is 9.35. The van der Waals surface area contributed by atoms with Gasteiger partial charge in [0.25, 0.3) is 0 Å². The van der Waals surface area contributed by atoms with Gasteiger partial charge in [-0.3, -0.25) is 9.63 Å². The zero-order valence-corrected chi connectivity index (χ0v) is 7.46. The lowest BCUT2D eigenvalue weighted by Gasteiger charge is -2.04. The van der Waals surface area contributed by atoms with Crippen LogP contribution in [-0.4, -0.2) is 39.4 Å². The molecular formula is C7H15NO4. The second-order valence-electron chi connectivity index (χ2n) is 2.11. The van der Waals surface area contributed by atoms with Gasteiger partial charge < -0.3 is 9.47 Å². The summed E-state index contributed by atoms with van der Waals surface area (Å²) < 4.78 is 9.81. The third-order valence-corrected chi connectivity index (χ3v) is 0.977. The molecule has 5 nitrogen and oxygen atoms in total. The van der Waals surface area contributed by atoms with Crippen LogP contribution in [0.25, 0.3) is 0 Å². The summed E-state index contributed by atoms with van der Waals surface area (Å²) in [6.45, 7) is 3.29. The molecule has 1 amide bonds. The normalized spacial score (nSPS) is 9.83. The van der Waals surface area contributed by atoms with Crippen molar-refractivity contribution in [3.63, 3.8) is 0 Å². The van der Waals surface area contributed by atoms with Gasteiger partial charge in [0.15, 0.2) is 0 Å². The molecule has 0 spiro atoms. The van der Waals surface area contributed by atoms with Gasteiger partial charge in [-0.15, -0.1) is 0 Å². The van der Waals surface area contributed by atoms with E-state index < -0.39 is 0 Å². The first-order chi connectivity index (χ1) is 5.77. The highest BCUT2D eigenvalue weighted by Gasteiger charge is 1.90. The lowest BCUT2D eigenvalue weighted by atomic mass is 10.7. The Bertz CT molecular complexity index is 118. The summed E-state index contributed by atoms with van der Waals surface area (Å²) in [5.74, 6) is -0.216. The fraction of sp³-hybridized carbons (Fsp3) is 0.857. The summed E-state index contributed by atoms with van der Waals surface area (Å²) >= 11 is 0. The topological polar surface area (TPSA) is 56.8 Å². The van der Waals surface area contributed by atoms with E-state index in [2.05, 4.69) is 5.48 Å². The monoisotopic (exact) mass is 177 g/mol. The third-order valence-electron chi connectivity index (χ3n) is 0.977. The molecule has 72 valence electrons. The van der Waals surface area contributed by atoms with Gasteiger partial charge in [0.1, 0.15) is 0 Å². The van der Waals surface area contributed by atoms with Crippen LogP contribution in [0.1, 0.15) is 6.92 Å². The molecule has 0 radical (unpaired) electrons. The van der Waals surface area contributed by atoms with Crippen molar-refractivity contribution in [2.24, 2.45) is 0 Å². The van der Waals surface area contributed by atoms with Crippen molar-refractivity contribution in [2.75, 3.05) is 33.5 Å². The minimum atomic E-state index is -0.216. The molecule has 5 heteroatoms. The van der Waals surface area contributed by atoms with E-state index in [4.69, 9.17) is 14.3 Å². The van der Waals surface area contributed by atoms with Crippen LogP contribution >= 0.6 is 0 Å². The standard InChI is InChI=1S/C7H15NO4/c1-7(9)8-12-6-5-11-4-3-10-2/h3-6H2,1-2H3,(H,8,9). The van der Waals surface area contributed by atoms with Crippen LogP contribution in [-0.2, 0) is 19.1 Å². The molecule has 1 N–H and O–H groups in total. The minimum absolute atomic E-state index is 0.216. The van der Waals surface area contributed by atoms with Crippen LogP contribution in [0.5, 0.6) is 0 Å². The van der Waals surface area contributed by atoms with E-state index in [1.165, 1.54) is 6.92 Å². The molecule has 0 aliphatic heterocycles. The molecule has 0 aliphatic carbocycles. The molecule has 0 fully saturated rings. The highest BCUT2D eigenvalue weighted by atomic mass is 16.7. The summed E-state index contributed by atoms with van der Waals surface area (Å²) in [7, 11) is 1.61. The van der Waals surface area contributed by atoms with Crippen molar-refractivity contribution < 1.29 is 19.1 Å². The van der Waals surface area contributed by atoms with Crippen molar-refractivity contribution in [1.82, 2.24) is 5.48 Å². The Labute approximate surface area is 71.9 Å². The molecule has 0 unspecified atom stereocenters. The zero-order chi connectivity index (χ0) is 9.23. The molecule has 0 saturated heterocycles. The highest BCUT2D eigenvalue weighted by Crippen LogP contribution is 1.76. The predicted molar refractivity (Wildman–Crippen MR) is 42.5 cm³/mol. The lowest BCUT2D eigenvalue weighted by Crippen LogP contribution is -2.22. The molecule has 0 aromatic carbocycles. The van der Waals surface area contributed by atoms with Crippen molar-refractivity contribution in [1.29, 1.82) is 0 Å². The van der Waals surface area contributed by atoms with E-state index in [9.17, 15) is 4.79 Å².